The molecule has 94 valence electrons. The summed E-state index contributed by atoms with van der Waals surface area (Å²) in [6, 6.07) is 0. The number of halogens is 3. The summed E-state index contributed by atoms with van der Waals surface area (Å²) in [5.74, 6) is -0.410. The molecule has 1 rings (SSSR count). The zero-order valence-electron chi connectivity index (χ0n) is 9.61. The number of carbonyl (C=O) groups is 1. The number of Topliss-reactive ketones (excluding diaryl/α,β-unsaturated/α-hetero) is 1. The van der Waals surface area contributed by atoms with E-state index in [2.05, 4.69) is 10.6 Å². The lowest BCUT2D eigenvalue weighted by Gasteiger charge is -2.34. The summed E-state index contributed by atoms with van der Waals surface area (Å²) in [6.07, 6.45) is -6.01. The Labute approximate surface area is 92.8 Å². The summed E-state index contributed by atoms with van der Waals surface area (Å²) in [4.78, 5) is 11.8. The van der Waals surface area contributed by atoms with Crippen molar-refractivity contribution in [1.82, 2.24) is 10.6 Å². The minimum atomic E-state index is -4.31. The number of hydrogen-bond acceptors (Lipinski definition) is 3. The number of alkyl halides is 3. The Morgan fingerprint density at radius 3 is 1.88 bits per heavy atom. The maximum atomic E-state index is 12.3. The molecule has 6 heteroatoms. The molecular formula is C10H17F3N2O. The largest absolute Gasteiger partial charge is 0.417 e. The van der Waals surface area contributed by atoms with Crippen LogP contribution < -0.4 is 10.6 Å². The molecule has 1 aliphatic rings. The topological polar surface area (TPSA) is 41.1 Å². The van der Waals surface area contributed by atoms with Gasteiger partial charge in [-0.25, -0.2) is 0 Å². The highest BCUT2D eigenvalue weighted by atomic mass is 19.4. The summed E-state index contributed by atoms with van der Waals surface area (Å²) in [5.41, 5.74) is -0.515. The normalized spacial score (nSPS) is 27.9. The van der Waals surface area contributed by atoms with Crippen molar-refractivity contribution in [3.05, 3.63) is 0 Å². The van der Waals surface area contributed by atoms with Gasteiger partial charge >= 0.3 is 6.18 Å². The van der Waals surface area contributed by atoms with Crippen LogP contribution in [0.4, 0.5) is 13.2 Å². The summed E-state index contributed by atoms with van der Waals surface area (Å²) in [6.45, 7) is 5.46. The highest BCUT2D eigenvalue weighted by Gasteiger charge is 2.43. The molecular weight excluding hydrogens is 221 g/mol. The van der Waals surface area contributed by atoms with E-state index in [9.17, 15) is 18.0 Å². The van der Waals surface area contributed by atoms with Gasteiger partial charge in [-0.3, -0.25) is 15.4 Å². The second-order valence-corrected chi connectivity index (χ2v) is 5.10. The zero-order valence-corrected chi connectivity index (χ0v) is 9.61. The second kappa shape index (κ2) is 4.33. The highest BCUT2D eigenvalue weighted by Crippen LogP contribution is 2.24. The van der Waals surface area contributed by atoms with Crippen LogP contribution in [0.3, 0.4) is 0 Å². The van der Waals surface area contributed by atoms with Crippen molar-refractivity contribution in [1.29, 1.82) is 0 Å². The average molecular weight is 238 g/mol. The molecule has 0 radical (unpaired) electrons. The van der Waals surface area contributed by atoms with Crippen molar-refractivity contribution in [3.8, 4) is 0 Å². The fourth-order valence-electron chi connectivity index (χ4n) is 1.69. The monoisotopic (exact) mass is 238 g/mol. The maximum Gasteiger partial charge on any atom is 0.417 e. The molecule has 16 heavy (non-hydrogen) atoms. The molecule has 1 aliphatic heterocycles. The smallest absolute Gasteiger partial charge is 0.299 e. The van der Waals surface area contributed by atoms with Crippen LogP contribution in [0.1, 0.15) is 20.8 Å². The molecule has 0 saturated carbocycles. The lowest BCUT2D eigenvalue weighted by molar-refractivity contribution is -0.169. The molecule has 2 N–H and O–H groups in total. The van der Waals surface area contributed by atoms with Crippen LogP contribution in [-0.4, -0.2) is 31.2 Å². The Kier molecular flexibility index (Phi) is 3.64. The lowest BCUT2D eigenvalue weighted by atomic mass is 9.82. The molecule has 3 nitrogen and oxygen atoms in total. The molecule has 0 unspecified atom stereocenters. The molecule has 0 aliphatic carbocycles. The number of nitrogens with one attached hydrogen (secondary N) is 2. The molecule has 0 amide bonds. The Hall–Kier alpha value is -0.620. The van der Waals surface area contributed by atoms with Crippen LogP contribution in [0.25, 0.3) is 0 Å². The molecule has 0 aromatic carbocycles. The van der Waals surface area contributed by atoms with Crippen LogP contribution in [0, 0.1) is 11.3 Å². The maximum absolute atomic E-state index is 12.3. The number of rotatable bonds is 1. The standard InChI is InChI=1S/C10H17F3N2O/c1-9(2,3)7(16)6-4-14-8(15-5-6)10(11,12)13/h6,8,14-15H,4-5H2,1-3H3. The number of ketones is 1. The fourth-order valence-corrected chi connectivity index (χ4v) is 1.69. The third-order valence-electron chi connectivity index (χ3n) is 2.57. The summed E-state index contributed by atoms with van der Waals surface area (Å²) < 4.78 is 36.9. The summed E-state index contributed by atoms with van der Waals surface area (Å²) in [5, 5.41) is 4.61. The van der Waals surface area contributed by atoms with E-state index in [1.54, 1.807) is 20.8 Å². The second-order valence-electron chi connectivity index (χ2n) is 5.10. The van der Waals surface area contributed by atoms with Gasteiger partial charge in [-0.05, 0) is 0 Å². The van der Waals surface area contributed by atoms with Gasteiger partial charge in [0.1, 0.15) is 5.78 Å². The third-order valence-corrected chi connectivity index (χ3v) is 2.57. The van der Waals surface area contributed by atoms with Crippen molar-refractivity contribution < 1.29 is 18.0 Å². The van der Waals surface area contributed by atoms with Crippen molar-refractivity contribution in [2.24, 2.45) is 11.3 Å². The fraction of sp³-hybridized carbons (Fsp3) is 0.900. The SMILES string of the molecule is CC(C)(C)C(=O)C1CNC(C(F)(F)F)NC1. The summed E-state index contributed by atoms with van der Waals surface area (Å²) >= 11 is 0. The van der Waals surface area contributed by atoms with Gasteiger partial charge in [0.15, 0.2) is 6.17 Å². The molecule has 0 atom stereocenters. The third kappa shape index (κ3) is 3.18. The van der Waals surface area contributed by atoms with Crippen molar-refractivity contribution in [2.45, 2.75) is 33.1 Å². The Balaban J connectivity index is 2.53. The Morgan fingerprint density at radius 1 is 1.12 bits per heavy atom. The van der Waals surface area contributed by atoms with Crippen LogP contribution in [0.15, 0.2) is 0 Å². The molecule has 1 fully saturated rings. The van der Waals surface area contributed by atoms with Crippen molar-refractivity contribution in [2.75, 3.05) is 13.1 Å². The van der Waals surface area contributed by atoms with Crippen LogP contribution >= 0.6 is 0 Å². The highest BCUT2D eigenvalue weighted by molar-refractivity contribution is 5.86. The molecule has 0 spiro atoms. The quantitative estimate of drug-likeness (QED) is 0.723. The van der Waals surface area contributed by atoms with Crippen LogP contribution in [0.5, 0.6) is 0 Å². The lowest BCUT2D eigenvalue weighted by Crippen LogP contribution is -2.61. The molecule has 0 bridgehead atoms. The van der Waals surface area contributed by atoms with Crippen LogP contribution in [0.2, 0.25) is 0 Å². The van der Waals surface area contributed by atoms with E-state index in [0.29, 0.717) is 0 Å². The zero-order chi connectivity index (χ0) is 12.6. The van der Waals surface area contributed by atoms with Gasteiger partial charge in [0.2, 0.25) is 0 Å². The molecule has 1 saturated heterocycles. The van der Waals surface area contributed by atoms with Gasteiger partial charge in [-0.1, -0.05) is 20.8 Å². The molecule has 0 aromatic heterocycles. The van der Waals surface area contributed by atoms with Gasteiger partial charge in [0.05, 0.1) is 0 Å². The van der Waals surface area contributed by atoms with E-state index < -0.39 is 23.7 Å². The number of hydrogen-bond donors (Lipinski definition) is 2. The van der Waals surface area contributed by atoms with E-state index in [4.69, 9.17) is 0 Å². The van der Waals surface area contributed by atoms with E-state index in [-0.39, 0.29) is 18.9 Å². The molecule has 0 aromatic rings. The Bertz CT molecular complexity index is 262. The van der Waals surface area contributed by atoms with Gasteiger partial charge in [0, 0.05) is 24.4 Å². The van der Waals surface area contributed by atoms with E-state index >= 15 is 0 Å². The van der Waals surface area contributed by atoms with E-state index in [0.717, 1.165) is 0 Å². The Morgan fingerprint density at radius 2 is 1.56 bits per heavy atom. The minimum absolute atomic E-state index is 0.0203. The van der Waals surface area contributed by atoms with Gasteiger partial charge < -0.3 is 0 Å². The van der Waals surface area contributed by atoms with Crippen molar-refractivity contribution >= 4 is 5.78 Å². The first kappa shape index (κ1) is 13.4. The van der Waals surface area contributed by atoms with E-state index in [1.807, 2.05) is 0 Å². The minimum Gasteiger partial charge on any atom is -0.299 e. The molecule has 1 heterocycles. The summed E-state index contributed by atoms with van der Waals surface area (Å²) in [7, 11) is 0. The van der Waals surface area contributed by atoms with Gasteiger partial charge in [0.25, 0.3) is 0 Å². The van der Waals surface area contributed by atoms with Gasteiger partial charge in [-0.2, -0.15) is 13.2 Å². The first-order chi connectivity index (χ1) is 7.12. The van der Waals surface area contributed by atoms with Crippen molar-refractivity contribution in [3.63, 3.8) is 0 Å². The number of carbonyl (C=O) groups excluding carboxylic acids is 1. The first-order valence-electron chi connectivity index (χ1n) is 5.20. The first-order valence-corrected chi connectivity index (χ1v) is 5.20. The van der Waals surface area contributed by atoms with Crippen LogP contribution in [-0.2, 0) is 4.79 Å². The predicted octanol–water partition coefficient (Wildman–Crippen LogP) is 1.30. The average Bonchev–Trinajstić information content (AvgIpc) is 2.14. The predicted molar refractivity (Wildman–Crippen MR) is 53.8 cm³/mol. The van der Waals surface area contributed by atoms with E-state index in [1.165, 1.54) is 0 Å². The van der Waals surface area contributed by atoms with Gasteiger partial charge in [-0.15, -0.1) is 0 Å².